The Labute approximate surface area is 249 Å². The van der Waals surface area contributed by atoms with E-state index in [1.54, 1.807) is 6.20 Å². The van der Waals surface area contributed by atoms with Gasteiger partial charge in [-0.1, -0.05) is 71.9 Å². The van der Waals surface area contributed by atoms with Crippen molar-refractivity contribution in [3.8, 4) is 11.3 Å². The summed E-state index contributed by atoms with van der Waals surface area (Å²) in [6, 6.07) is 13.0. The van der Waals surface area contributed by atoms with E-state index in [1.807, 2.05) is 34.9 Å². The van der Waals surface area contributed by atoms with Crippen molar-refractivity contribution in [3.05, 3.63) is 77.8 Å². The summed E-state index contributed by atoms with van der Waals surface area (Å²) in [4.78, 5) is 16.2. The van der Waals surface area contributed by atoms with Crippen molar-refractivity contribution in [2.45, 2.75) is 72.3 Å². The largest absolute Gasteiger partial charge is 0.465 e. The number of amides is 1. The van der Waals surface area contributed by atoms with Crippen molar-refractivity contribution < 1.29 is 23.1 Å². The van der Waals surface area contributed by atoms with Crippen LogP contribution in [0.3, 0.4) is 0 Å². The molecule has 0 aliphatic heterocycles. The number of imidazole rings is 1. The molecule has 0 saturated carbocycles. The normalized spacial score (nSPS) is 14.0. The lowest BCUT2D eigenvalue weighted by Gasteiger charge is -2.38. The van der Waals surface area contributed by atoms with Gasteiger partial charge in [-0.05, 0) is 47.3 Å². The molecule has 0 bridgehead atoms. The zero-order valence-electron chi connectivity index (χ0n) is 26.1. The number of rotatable bonds is 12. The molecule has 42 heavy (non-hydrogen) atoms. The van der Waals surface area contributed by atoms with Crippen LogP contribution >= 0.6 is 0 Å². The second-order valence-corrected chi connectivity index (χ2v) is 18.4. The third-order valence-corrected chi connectivity index (χ3v) is 12.5. The highest BCUT2D eigenvalue weighted by Crippen LogP contribution is 2.37. The molecule has 230 valence electrons. The first-order valence-electron chi connectivity index (χ1n) is 14.4. The van der Waals surface area contributed by atoms with Crippen LogP contribution in [0.5, 0.6) is 0 Å². The van der Waals surface area contributed by atoms with Gasteiger partial charge in [0, 0.05) is 43.9 Å². The Morgan fingerprint density at radius 2 is 1.71 bits per heavy atom. The van der Waals surface area contributed by atoms with Crippen molar-refractivity contribution in [1.82, 2.24) is 20.2 Å². The smallest absolute Gasteiger partial charge is 0.404 e. The molecule has 2 atom stereocenters. The summed E-state index contributed by atoms with van der Waals surface area (Å²) < 4.78 is 37.4. The van der Waals surface area contributed by atoms with Crippen LogP contribution in [0.1, 0.15) is 59.0 Å². The Balaban J connectivity index is 1.97. The van der Waals surface area contributed by atoms with E-state index in [4.69, 9.17) is 9.41 Å². The van der Waals surface area contributed by atoms with Crippen LogP contribution in [0.15, 0.2) is 54.7 Å². The lowest BCUT2D eigenvalue weighted by atomic mass is 9.85. The van der Waals surface area contributed by atoms with Gasteiger partial charge in [-0.2, -0.15) is 0 Å². The van der Waals surface area contributed by atoms with Gasteiger partial charge < -0.3 is 24.7 Å². The number of aromatic nitrogens is 2. The van der Waals surface area contributed by atoms with Gasteiger partial charge in [0.25, 0.3) is 0 Å². The van der Waals surface area contributed by atoms with Crippen LogP contribution in [0.2, 0.25) is 18.1 Å². The van der Waals surface area contributed by atoms with Gasteiger partial charge in [0.2, 0.25) is 0 Å². The molecule has 2 aromatic carbocycles. The molecule has 0 radical (unpaired) electrons. The predicted molar refractivity (Wildman–Crippen MR) is 166 cm³/mol. The minimum Gasteiger partial charge on any atom is -0.465 e. The number of halogens is 2. The molecule has 3 aromatic rings. The van der Waals surface area contributed by atoms with Crippen LogP contribution in [0, 0.1) is 23.0 Å². The summed E-state index contributed by atoms with van der Waals surface area (Å²) in [7, 11) is -2.06. The monoisotopic (exact) mass is 600 g/mol. The van der Waals surface area contributed by atoms with Crippen LogP contribution in [-0.2, 0) is 11.0 Å². The minimum atomic E-state index is -2.06. The first-order chi connectivity index (χ1) is 19.5. The van der Waals surface area contributed by atoms with Gasteiger partial charge in [-0.15, -0.1) is 0 Å². The number of carbonyl (C=O) groups is 1. The standard InChI is InChI=1S/C32H46F2N4O3Si/c1-31(2,3)28(35-17-23(18-36-30(39)40)21-41-42(7,8)32(4,5)6)29-37-27(25-16-24(33)14-15-26(25)34)20-38(29)19-22-12-10-9-11-13-22/h9-16,20,23,28,35-36H,17-19,21H2,1-8H3,(H,39,40)/t23?,28-/m0/s1. The maximum absolute atomic E-state index is 14.8. The maximum atomic E-state index is 14.8. The molecule has 1 aromatic heterocycles. The van der Waals surface area contributed by atoms with E-state index in [1.165, 1.54) is 6.07 Å². The lowest BCUT2D eigenvalue weighted by Crippen LogP contribution is -2.46. The Hall–Kier alpha value is -3.08. The fraction of sp³-hybridized carbons (Fsp3) is 0.500. The summed E-state index contributed by atoms with van der Waals surface area (Å²) >= 11 is 0. The number of benzene rings is 2. The summed E-state index contributed by atoms with van der Waals surface area (Å²) in [5.74, 6) is -0.542. The zero-order chi connectivity index (χ0) is 31.3. The summed E-state index contributed by atoms with van der Waals surface area (Å²) in [5.41, 5.74) is 1.16. The zero-order valence-corrected chi connectivity index (χ0v) is 27.1. The van der Waals surface area contributed by atoms with E-state index in [9.17, 15) is 18.7 Å². The minimum absolute atomic E-state index is 0.0178. The summed E-state index contributed by atoms with van der Waals surface area (Å²) in [5, 5.41) is 15.5. The molecular weight excluding hydrogens is 554 g/mol. The molecular formula is C32H46F2N4O3Si. The fourth-order valence-corrected chi connectivity index (χ4v) is 5.51. The molecule has 1 amide bonds. The van der Waals surface area contributed by atoms with E-state index in [0.717, 1.165) is 17.7 Å². The van der Waals surface area contributed by atoms with E-state index < -0.39 is 26.0 Å². The van der Waals surface area contributed by atoms with Gasteiger partial charge in [0.15, 0.2) is 8.32 Å². The van der Waals surface area contributed by atoms with Crippen molar-refractivity contribution in [2.24, 2.45) is 11.3 Å². The quantitative estimate of drug-likeness (QED) is 0.188. The number of nitrogens with one attached hydrogen (secondary N) is 2. The number of nitrogens with zero attached hydrogens (tertiary/aromatic N) is 2. The van der Waals surface area contributed by atoms with Crippen molar-refractivity contribution in [3.63, 3.8) is 0 Å². The first kappa shape index (κ1) is 33.4. The SMILES string of the molecule is CC(C)(C)[C@@H](NCC(CNC(=O)O)CO[Si](C)(C)C(C)(C)C)c1nc(-c2cc(F)ccc2F)cn1Cc1ccccc1. The Kier molecular flexibility index (Phi) is 10.7. The number of hydrogen-bond donors (Lipinski definition) is 3. The molecule has 7 nitrogen and oxygen atoms in total. The summed E-state index contributed by atoms with van der Waals surface area (Å²) in [6.45, 7) is 18.7. The Morgan fingerprint density at radius 1 is 1.05 bits per heavy atom. The highest BCUT2D eigenvalue weighted by atomic mass is 28.4. The Bertz CT molecular complexity index is 1330. The van der Waals surface area contributed by atoms with Crippen LogP contribution in [0.25, 0.3) is 11.3 Å². The predicted octanol–water partition coefficient (Wildman–Crippen LogP) is 7.46. The molecule has 0 spiro atoms. The second kappa shape index (κ2) is 13.5. The van der Waals surface area contributed by atoms with E-state index >= 15 is 0 Å². The van der Waals surface area contributed by atoms with Gasteiger partial charge in [-0.3, -0.25) is 0 Å². The second-order valence-electron chi connectivity index (χ2n) is 13.6. The average molecular weight is 601 g/mol. The first-order valence-corrected chi connectivity index (χ1v) is 17.3. The molecule has 3 N–H and O–H groups in total. The van der Waals surface area contributed by atoms with Gasteiger partial charge >= 0.3 is 6.09 Å². The molecule has 0 aliphatic rings. The van der Waals surface area contributed by atoms with Crippen molar-refractivity contribution in [2.75, 3.05) is 19.7 Å². The number of hydrogen-bond acceptors (Lipinski definition) is 4. The van der Waals surface area contributed by atoms with Crippen molar-refractivity contribution >= 4 is 14.4 Å². The van der Waals surface area contributed by atoms with Crippen LogP contribution < -0.4 is 10.6 Å². The van der Waals surface area contributed by atoms with Crippen LogP contribution in [0.4, 0.5) is 13.6 Å². The Morgan fingerprint density at radius 3 is 2.31 bits per heavy atom. The molecule has 0 saturated heterocycles. The molecule has 1 unspecified atom stereocenters. The third-order valence-electron chi connectivity index (χ3n) is 7.97. The van der Waals surface area contributed by atoms with Crippen LogP contribution in [-0.4, -0.2) is 48.8 Å². The van der Waals surface area contributed by atoms with E-state index in [2.05, 4.69) is 65.3 Å². The molecule has 10 heteroatoms. The molecule has 3 rings (SSSR count). The van der Waals surface area contributed by atoms with Gasteiger partial charge in [0.05, 0.1) is 11.7 Å². The average Bonchev–Trinajstić information content (AvgIpc) is 3.28. The van der Waals surface area contributed by atoms with E-state index in [0.29, 0.717) is 31.2 Å². The topological polar surface area (TPSA) is 88.4 Å². The van der Waals surface area contributed by atoms with Crippen molar-refractivity contribution in [1.29, 1.82) is 0 Å². The maximum Gasteiger partial charge on any atom is 0.404 e. The fourth-order valence-electron chi connectivity index (χ4n) is 4.42. The van der Waals surface area contributed by atoms with Gasteiger partial charge in [-0.25, -0.2) is 18.6 Å². The highest BCUT2D eigenvalue weighted by molar-refractivity contribution is 6.74. The summed E-state index contributed by atoms with van der Waals surface area (Å²) in [6.07, 6.45) is 0.685. The lowest BCUT2D eigenvalue weighted by molar-refractivity contribution is 0.177. The molecule has 1 heterocycles. The third kappa shape index (κ3) is 8.96. The van der Waals surface area contributed by atoms with E-state index in [-0.39, 0.29) is 34.5 Å². The molecule has 0 aliphatic carbocycles. The highest BCUT2D eigenvalue weighted by Gasteiger charge is 2.38. The van der Waals surface area contributed by atoms with Gasteiger partial charge in [0.1, 0.15) is 17.5 Å². The molecule has 0 fully saturated rings. The number of carboxylic acid groups (broad SMARTS) is 1.